The number of rotatable bonds is 7. The van der Waals surface area contributed by atoms with E-state index >= 15 is 0 Å². The second-order valence-electron chi connectivity index (χ2n) is 18.7. The van der Waals surface area contributed by atoms with Crippen LogP contribution in [0.1, 0.15) is 80.0 Å². The number of carbonyl (C=O) groups excluding carboxylic acids is 4. The van der Waals surface area contributed by atoms with Crippen LogP contribution in [0.4, 0.5) is 17.6 Å². The molecule has 2 aromatic carbocycles. The molecule has 0 unspecified atom stereocenters. The number of halogens is 6. The first-order valence-electron chi connectivity index (χ1n) is 23.4. The summed E-state index contributed by atoms with van der Waals surface area (Å²) in [4.78, 5) is 64.8. The molecule has 4 fully saturated rings. The predicted molar refractivity (Wildman–Crippen MR) is 266 cm³/mol. The lowest BCUT2D eigenvalue weighted by Gasteiger charge is -2.31. The van der Waals surface area contributed by atoms with Crippen LogP contribution in [0.2, 0.25) is 10.0 Å². The van der Waals surface area contributed by atoms with Crippen molar-refractivity contribution in [3.05, 3.63) is 118 Å². The second kappa shape index (κ2) is 20.3. The fourth-order valence-electron chi connectivity index (χ4n) is 9.22. The Balaban J connectivity index is 0.000000180. The Morgan fingerprint density at radius 2 is 0.932 bits per heavy atom. The number of pyridine rings is 2. The zero-order valence-corrected chi connectivity index (χ0v) is 42.1. The van der Waals surface area contributed by atoms with Gasteiger partial charge in [-0.15, -0.1) is 0 Å². The molecule has 6 aromatic rings. The summed E-state index contributed by atoms with van der Waals surface area (Å²) in [5, 5.41) is 4.89. The van der Waals surface area contributed by atoms with Gasteiger partial charge < -0.3 is 29.2 Å². The van der Waals surface area contributed by atoms with E-state index in [4.69, 9.17) is 23.2 Å². The summed E-state index contributed by atoms with van der Waals surface area (Å²) >= 11 is 12.6. The van der Waals surface area contributed by atoms with Crippen LogP contribution in [0.3, 0.4) is 0 Å². The first-order chi connectivity index (χ1) is 34.5. The average molecular weight is 1090 g/mol. The third kappa shape index (κ3) is 12.0. The van der Waals surface area contributed by atoms with Gasteiger partial charge >= 0.3 is 0 Å². The number of fused-ring (bicyclic) bond motifs is 2. The maximum Gasteiger partial charge on any atom is 0.255 e. The highest BCUT2D eigenvalue weighted by Crippen LogP contribution is 2.32. The Kier molecular flexibility index (Phi) is 14.4. The average Bonchev–Trinajstić information content (AvgIpc) is 3.98. The molecule has 0 atom stereocenters. The van der Waals surface area contributed by atoms with Gasteiger partial charge in [-0.3, -0.25) is 19.2 Å². The zero-order chi connectivity index (χ0) is 52.0. The summed E-state index contributed by atoms with van der Waals surface area (Å²) < 4.78 is 104. The van der Waals surface area contributed by atoms with E-state index in [1.807, 2.05) is 0 Å². The van der Waals surface area contributed by atoms with Gasteiger partial charge in [0.2, 0.25) is 0 Å². The molecule has 386 valence electrons. The fraction of sp³-hybridized carbons (Fsp3) is 0.388. The number of piperidine rings is 2. The highest BCUT2D eigenvalue weighted by atomic mass is 35.5. The first kappa shape index (κ1) is 51.8. The molecule has 0 saturated carbocycles. The molecular weight excluding hydrogens is 1040 g/mol. The maximum atomic E-state index is 13.5. The Hall–Kier alpha value is -6.10. The summed E-state index contributed by atoms with van der Waals surface area (Å²) in [5.74, 6) is -6.85. The third-order valence-corrected chi connectivity index (χ3v) is 17.2. The van der Waals surface area contributed by atoms with E-state index in [1.54, 1.807) is 70.1 Å². The molecule has 4 saturated heterocycles. The standard InChI is InChI=1S/C25H25ClF2N4O4S.C24H23ClF2N4O4S/c26-19-12-17(23(33)30-20-2-9-37(35,36)10-3-20)13-21(14-19)32-6-1-16-11-18(15-29-22(16)32)24(34)31-7-4-25(27,28)5-8-31;25-19-12-17(22(32)30-7-9-36(34,35)10-8-30)13-20(14-19)31-4-1-16-11-18(15-28-21(16)31)23(33)29-5-2-24(26,27)3-6-29/h1,6,11-15,20H,2-5,7-10H2,(H,30,33);1,4,11-15H,2-3,5-10H2. The fourth-order valence-corrected chi connectivity index (χ4v) is 12.4. The van der Waals surface area contributed by atoms with Gasteiger partial charge in [-0.05, 0) is 73.5 Å². The molecule has 0 bridgehead atoms. The molecule has 4 amide bonds. The summed E-state index contributed by atoms with van der Waals surface area (Å²) in [6.07, 6.45) is 5.64. The minimum absolute atomic E-state index is 0.00505. The van der Waals surface area contributed by atoms with Crippen molar-refractivity contribution in [2.45, 2.75) is 56.4 Å². The van der Waals surface area contributed by atoms with Gasteiger partial charge in [0.15, 0.2) is 9.84 Å². The van der Waals surface area contributed by atoms with E-state index in [0.29, 0.717) is 78.6 Å². The molecular formula is C49H48Cl2F4N8O8S2. The largest absolute Gasteiger partial charge is 0.349 e. The number of alkyl halides is 4. The molecule has 1 N–H and O–H groups in total. The molecule has 0 aliphatic carbocycles. The second-order valence-corrected chi connectivity index (χ2v) is 24.2. The summed E-state index contributed by atoms with van der Waals surface area (Å²) in [6, 6.07) is 16.4. The summed E-state index contributed by atoms with van der Waals surface area (Å²) in [7, 11) is -6.16. The van der Waals surface area contributed by atoms with Gasteiger partial charge in [0, 0.05) is 139 Å². The van der Waals surface area contributed by atoms with Crippen molar-refractivity contribution in [2.24, 2.45) is 0 Å². The van der Waals surface area contributed by atoms with E-state index in [9.17, 15) is 53.6 Å². The Bertz CT molecular complexity index is 3360. The van der Waals surface area contributed by atoms with Crippen molar-refractivity contribution in [3.8, 4) is 11.4 Å². The molecule has 24 heteroatoms. The quantitative estimate of drug-likeness (QED) is 0.159. The van der Waals surface area contributed by atoms with E-state index in [1.165, 1.54) is 39.2 Å². The van der Waals surface area contributed by atoms with Crippen molar-refractivity contribution in [1.29, 1.82) is 0 Å². The van der Waals surface area contributed by atoms with E-state index < -0.39 is 31.5 Å². The number of nitrogens with zero attached hydrogens (tertiary/aromatic N) is 7. The molecule has 10 rings (SSSR count). The van der Waals surface area contributed by atoms with Gasteiger partial charge in [0.05, 0.1) is 34.1 Å². The van der Waals surface area contributed by atoms with E-state index in [-0.39, 0.29) is 118 Å². The van der Waals surface area contributed by atoms with E-state index in [0.717, 1.165) is 0 Å². The van der Waals surface area contributed by atoms with Crippen molar-refractivity contribution >= 4 is 88.6 Å². The van der Waals surface area contributed by atoms with E-state index in [2.05, 4.69) is 15.3 Å². The van der Waals surface area contributed by atoms with Crippen molar-refractivity contribution in [3.63, 3.8) is 0 Å². The van der Waals surface area contributed by atoms with Crippen molar-refractivity contribution in [2.75, 3.05) is 62.3 Å². The molecule has 4 aliphatic rings. The first-order valence-corrected chi connectivity index (χ1v) is 27.8. The summed E-state index contributed by atoms with van der Waals surface area (Å²) in [6.45, 7) is 0.231. The van der Waals surface area contributed by atoms with Crippen molar-refractivity contribution in [1.82, 2.24) is 39.1 Å². The van der Waals surface area contributed by atoms with Crippen LogP contribution in [-0.4, -0.2) is 154 Å². The lowest BCUT2D eigenvalue weighted by molar-refractivity contribution is -0.0503. The zero-order valence-electron chi connectivity index (χ0n) is 39.0. The number of hydrogen-bond acceptors (Lipinski definition) is 10. The number of likely N-dealkylation sites (tertiary alicyclic amines) is 2. The summed E-state index contributed by atoms with van der Waals surface area (Å²) in [5.41, 5.74) is 3.51. The highest BCUT2D eigenvalue weighted by molar-refractivity contribution is 7.91. The smallest absolute Gasteiger partial charge is 0.255 e. The minimum Gasteiger partial charge on any atom is -0.349 e. The molecule has 4 aromatic heterocycles. The number of nitrogens with one attached hydrogen (secondary N) is 1. The maximum absolute atomic E-state index is 13.5. The lowest BCUT2D eigenvalue weighted by atomic mass is 10.1. The van der Waals surface area contributed by atoms with Gasteiger partial charge in [-0.25, -0.2) is 44.4 Å². The minimum atomic E-state index is -3.12. The number of hydrogen-bond donors (Lipinski definition) is 1. The molecule has 0 radical (unpaired) electrons. The molecule has 73 heavy (non-hydrogen) atoms. The number of carbonyl (C=O) groups is 4. The molecule has 16 nitrogen and oxygen atoms in total. The van der Waals surface area contributed by atoms with Gasteiger partial charge in [-0.1, -0.05) is 23.2 Å². The normalized spacial score (nSPS) is 19.5. The number of sulfone groups is 2. The number of aromatic nitrogens is 4. The topological polar surface area (TPSA) is 194 Å². The Morgan fingerprint density at radius 1 is 0.534 bits per heavy atom. The van der Waals surface area contributed by atoms with Crippen LogP contribution >= 0.6 is 23.2 Å². The monoisotopic (exact) mass is 1090 g/mol. The predicted octanol–water partition coefficient (Wildman–Crippen LogP) is 7.28. The molecule has 8 heterocycles. The van der Waals surface area contributed by atoms with Gasteiger partial charge in [0.25, 0.3) is 35.5 Å². The van der Waals surface area contributed by atoms with Crippen LogP contribution in [0.15, 0.2) is 85.5 Å². The molecule has 0 spiro atoms. The molecule has 4 aliphatic heterocycles. The van der Waals surface area contributed by atoms with Crippen LogP contribution in [-0.2, 0) is 19.7 Å². The lowest BCUT2D eigenvalue weighted by Crippen LogP contribution is -2.43. The SMILES string of the molecule is O=C(NC1CCS(=O)(=O)CC1)c1cc(Cl)cc(-n2ccc3cc(C(=O)N4CCC(F)(F)CC4)cnc32)c1.O=C(c1cnc2c(ccn2-c2cc(Cl)cc(C(=O)N3CCS(=O)(=O)CC3)c2)c1)N1CCC(F)(F)CC1. The van der Waals surface area contributed by atoms with Crippen LogP contribution in [0.5, 0.6) is 0 Å². The van der Waals surface area contributed by atoms with Crippen LogP contribution < -0.4 is 5.32 Å². The number of benzene rings is 2. The van der Waals surface area contributed by atoms with Crippen molar-refractivity contribution < 1.29 is 53.6 Å². The van der Waals surface area contributed by atoms with Gasteiger partial charge in [0.1, 0.15) is 21.1 Å². The Labute approximate surface area is 427 Å². The third-order valence-electron chi connectivity index (χ3n) is 13.5. The number of amides is 4. The van der Waals surface area contributed by atoms with Crippen LogP contribution in [0.25, 0.3) is 33.4 Å². The van der Waals surface area contributed by atoms with Crippen LogP contribution in [0, 0.1) is 0 Å². The van der Waals surface area contributed by atoms with Gasteiger partial charge in [-0.2, -0.15) is 0 Å². The highest BCUT2D eigenvalue weighted by Gasteiger charge is 2.37. The Morgan fingerprint density at radius 3 is 1.40 bits per heavy atom.